The summed E-state index contributed by atoms with van der Waals surface area (Å²) in [5.41, 5.74) is 3.55. The second-order valence-electron chi connectivity index (χ2n) is 7.70. The van der Waals surface area contributed by atoms with Crippen LogP contribution in [-0.2, 0) is 9.53 Å². The molecule has 0 aliphatic carbocycles. The number of morpholine rings is 1. The Hall–Kier alpha value is -3.43. The van der Waals surface area contributed by atoms with Crippen LogP contribution in [0.15, 0.2) is 72.1 Å². The number of para-hydroxylation sites is 1. The number of benzene rings is 2. The molecule has 4 aromatic rings. The predicted octanol–water partition coefficient (Wildman–Crippen LogP) is 3.77. The van der Waals surface area contributed by atoms with E-state index in [1.54, 1.807) is 10.9 Å². The Morgan fingerprint density at radius 1 is 1.03 bits per heavy atom. The number of rotatable bonds is 6. The highest BCUT2D eigenvalue weighted by Crippen LogP contribution is 2.29. The fourth-order valence-electron chi connectivity index (χ4n) is 3.72. The lowest BCUT2D eigenvalue weighted by Gasteiger charge is -2.28. The van der Waals surface area contributed by atoms with Gasteiger partial charge in [0.15, 0.2) is 5.65 Å². The molecule has 5 rings (SSSR count). The first-order chi connectivity index (χ1) is 16.2. The summed E-state index contributed by atoms with van der Waals surface area (Å²) >= 11 is 1.40. The molecule has 1 fully saturated rings. The highest BCUT2D eigenvalue weighted by atomic mass is 32.2. The summed E-state index contributed by atoms with van der Waals surface area (Å²) in [5, 5.41) is 8.69. The standard InChI is InChI=1S/C24H24N6O2S/c1-17(23(31)28-18-7-9-19(10-8-18)29-11-13-32-14-12-29)33-24-21-15-27-30(22(21)25-16-26-24)20-5-3-2-4-6-20/h2-10,15-17H,11-14H2,1H3,(H,28,31)/t17-/m1/s1. The molecule has 1 amide bonds. The average Bonchev–Trinajstić information content (AvgIpc) is 3.31. The third kappa shape index (κ3) is 4.69. The Labute approximate surface area is 196 Å². The number of nitrogens with zero attached hydrogens (tertiary/aromatic N) is 5. The molecule has 0 radical (unpaired) electrons. The molecule has 2 aromatic carbocycles. The number of ether oxygens (including phenoxy) is 1. The van der Waals surface area contributed by atoms with E-state index in [2.05, 4.69) is 25.3 Å². The summed E-state index contributed by atoms with van der Waals surface area (Å²) in [5.74, 6) is -0.0821. The lowest BCUT2D eigenvalue weighted by Crippen LogP contribution is -2.36. The third-order valence-corrected chi connectivity index (χ3v) is 6.61. The van der Waals surface area contributed by atoms with Crippen LogP contribution in [0.5, 0.6) is 0 Å². The molecule has 1 atom stereocenters. The minimum Gasteiger partial charge on any atom is -0.378 e. The van der Waals surface area contributed by atoms with Gasteiger partial charge in [-0.1, -0.05) is 30.0 Å². The van der Waals surface area contributed by atoms with Crippen molar-refractivity contribution in [1.82, 2.24) is 19.7 Å². The Balaban J connectivity index is 1.27. The van der Waals surface area contributed by atoms with Gasteiger partial charge in [0.25, 0.3) is 0 Å². The number of hydrogen-bond acceptors (Lipinski definition) is 7. The van der Waals surface area contributed by atoms with E-state index >= 15 is 0 Å². The van der Waals surface area contributed by atoms with Crippen LogP contribution in [0, 0.1) is 0 Å². The number of nitrogens with one attached hydrogen (secondary N) is 1. The number of carbonyl (C=O) groups is 1. The van der Waals surface area contributed by atoms with Crippen LogP contribution in [0.2, 0.25) is 0 Å². The molecule has 9 heteroatoms. The summed E-state index contributed by atoms with van der Waals surface area (Å²) in [7, 11) is 0. The van der Waals surface area contributed by atoms with Gasteiger partial charge in [-0.15, -0.1) is 0 Å². The van der Waals surface area contributed by atoms with Crippen molar-refractivity contribution < 1.29 is 9.53 Å². The molecule has 1 N–H and O–H groups in total. The van der Waals surface area contributed by atoms with Gasteiger partial charge < -0.3 is 15.0 Å². The second-order valence-corrected chi connectivity index (χ2v) is 9.03. The quantitative estimate of drug-likeness (QED) is 0.346. The molecular formula is C24H24N6O2S. The van der Waals surface area contributed by atoms with E-state index in [1.165, 1.54) is 18.1 Å². The molecule has 0 saturated carbocycles. The zero-order chi connectivity index (χ0) is 22.6. The van der Waals surface area contributed by atoms with Crippen LogP contribution in [0.25, 0.3) is 16.7 Å². The molecule has 1 saturated heterocycles. The average molecular weight is 461 g/mol. The Bertz CT molecular complexity index is 1240. The Kier molecular flexibility index (Phi) is 6.23. The van der Waals surface area contributed by atoms with Crippen molar-refractivity contribution in [3.8, 4) is 5.69 Å². The van der Waals surface area contributed by atoms with Gasteiger partial charge in [0.2, 0.25) is 5.91 Å². The molecule has 168 valence electrons. The topological polar surface area (TPSA) is 85.2 Å². The Morgan fingerprint density at radius 2 is 1.79 bits per heavy atom. The molecule has 0 spiro atoms. The van der Waals surface area contributed by atoms with Gasteiger partial charge in [0.1, 0.15) is 11.4 Å². The van der Waals surface area contributed by atoms with E-state index in [-0.39, 0.29) is 11.2 Å². The molecule has 3 heterocycles. The first-order valence-corrected chi connectivity index (χ1v) is 11.7. The van der Waals surface area contributed by atoms with Gasteiger partial charge in [0, 0.05) is 24.5 Å². The highest BCUT2D eigenvalue weighted by Gasteiger charge is 2.19. The maximum Gasteiger partial charge on any atom is 0.237 e. The van der Waals surface area contributed by atoms with Crippen molar-refractivity contribution in [2.24, 2.45) is 0 Å². The van der Waals surface area contributed by atoms with E-state index in [0.717, 1.165) is 53.8 Å². The molecule has 0 unspecified atom stereocenters. The van der Waals surface area contributed by atoms with Crippen molar-refractivity contribution in [3.63, 3.8) is 0 Å². The monoisotopic (exact) mass is 460 g/mol. The van der Waals surface area contributed by atoms with E-state index < -0.39 is 0 Å². The first kappa shape index (κ1) is 21.4. The van der Waals surface area contributed by atoms with E-state index in [1.807, 2.05) is 61.5 Å². The van der Waals surface area contributed by atoms with Crippen LogP contribution in [0.1, 0.15) is 6.92 Å². The fourth-order valence-corrected chi connectivity index (χ4v) is 4.60. The molecule has 1 aliphatic heterocycles. The van der Waals surface area contributed by atoms with Crippen LogP contribution in [0.3, 0.4) is 0 Å². The summed E-state index contributed by atoms with van der Waals surface area (Å²) in [6.45, 7) is 5.13. The minimum atomic E-state index is -0.345. The smallest absolute Gasteiger partial charge is 0.237 e. The maximum atomic E-state index is 12.8. The zero-order valence-corrected chi connectivity index (χ0v) is 19.0. The fraction of sp³-hybridized carbons (Fsp3) is 0.250. The van der Waals surface area contributed by atoms with Crippen LogP contribution in [0.4, 0.5) is 11.4 Å². The third-order valence-electron chi connectivity index (χ3n) is 5.50. The number of hydrogen-bond donors (Lipinski definition) is 1. The summed E-state index contributed by atoms with van der Waals surface area (Å²) in [6.07, 6.45) is 3.26. The molecule has 2 aromatic heterocycles. The SMILES string of the molecule is C[C@@H](Sc1ncnc2c1cnn2-c1ccccc1)C(=O)Nc1ccc(N2CCOCC2)cc1. The van der Waals surface area contributed by atoms with Crippen molar-refractivity contribution in [2.45, 2.75) is 17.2 Å². The lowest BCUT2D eigenvalue weighted by atomic mass is 10.2. The second kappa shape index (κ2) is 9.60. The number of thioether (sulfide) groups is 1. The van der Waals surface area contributed by atoms with Gasteiger partial charge in [-0.05, 0) is 43.3 Å². The number of anilines is 2. The van der Waals surface area contributed by atoms with Gasteiger partial charge in [0.05, 0.1) is 35.7 Å². The van der Waals surface area contributed by atoms with Crippen molar-refractivity contribution in [3.05, 3.63) is 67.1 Å². The molecule has 1 aliphatic rings. The molecule has 8 nitrogen and oxygen atoms in total. The molecule has 0 bridgehead atoms. The number of aromatic nitrogens is 4. The minimum absolute atomic E-state index is 0.0821. The van der Waals surface area contributed by atoms with Crippen molar-refractivity contribution in [2.75, 3.05) is 36.5 Å². The van der Waals surface area contributed by atoms with E-state index in [9.17, 15) is 4.79 Å². The predicted molar refractivity (Wildman–Crippen MR) is 130 cm³/mol. The van der Waals surface area contributed by atoms with Crippen molar-refractivity contribution in [1.29, 1.82) is 0 Å². The highest BCUT2D eigenvalue weighted by molar-refractivity contribution is 8.00. The zero-order valence-electron chi connectivity index (χ0n) is 18.2. The molecular weight excluding hydrogens is 436 g/mol. The maximum absolute atomic E-state index is 12.8. The van der Waals surface area contributed by atoms with Crippen LogP contribution in [-0.4, -0.2) is 57.2 Å². The molecule has 33 heavy (non-hydrogen) atoms. The first-order valence-electron chi connectivity index (χ1n) is 10.8. The van der Waals surface area contributed by atoms with Gasteiger partial charge in [-0.2, -0.15) is 5.10 Å². The largest absolute Gasteiger partial charge is 0.378 e. The summed E-state index contributed by atoms with van der Waals surface area (Å²) in [4.78, 5) is 23.9. The summed E-state index contributed by atoms with van der Waals surface area (Å²) < 4.78 is 7.19. The lowest BCUT2D eigenvalue weighted by molar-refractivity contribution is -0.115. The van der Waals surface area contributed by atoms with E-state index in [0.29, 0.717) is 5.65 Å². The Morgan fingerprint density at radius 3 is 2.55 bits per heavy atom. The van der Waals surface area contributed by atoms with Gasteiger partial charge >= 0.3 is 0 Å². The number of carbonyl (C=O) groups excluding carboxylic acids is 1. The number of fused-ring (bicyclic) bond motifs is 1. The van der Waals surface area contributed by atoms with Gasteiger partial charge in [-0.25, -0.2) is 14.6 Å². The van der Waals surface area contributed by atoms with Crippen LogP contribution >= 0.6 is 11.8 Å². The normalized spacial score (nSPS) is 14.9. The van der Waals surface area contributed by atoms with Crippen molar-refractivity contribution >= 4 is 40.1 Å². The summed E-state index contributed by atoms with van der Waals surface area (Å²) in [6, 6.07) is 17.8. The van der Waals surface area contributed by atoms with Crippen LogP contribution < -0.4 is 10.2 Å². The van der Waals surface area contributed by atoms with E-state index in [4.69, 9.17) is 4.74 Å². The van der Waals surface area contributed by atoms with Gasteiger partial charge in [-0.3, -0.25) is 4.79 Å². The number of amides is 1.